The molecule has 0 radical (unpaired) electrons. The SMILES string of the molecule is Cc1ccc(S(=O)(=O)N(CC(=O)NCc2ccc3c(c2)OCO3)c2ccc(C)c(C)c2)cc1. The molecule has 4 rings (SSSR count). The number of ether oxygens (including phenoxy) is 2. The summed E-state index contributed by atoms with van der Waals surface area (Å²) in [6, 6.07) is 17.4. The Morgan fingerprint density at radius 3 is 2.36 bits per heavy atom. The Hall–Kier alpha value is -3.52. The molecule has 7 nitrogen and oxygen atoms in total. The Morgan fingerprint density at radius 2 is 1.64 bits per heavy atom. The first-order chi connectivity index (χ1) is 15.7. The Balaban J connectivity index is 1.57. The minimum Gasteiger partial charge on any atom is -0.454 e. The third kappa shape index (κ3) is 4.96. The maximum atomic E-state index is 13.5. The zero-order valence-electron chi connectivity index (χ0n) is 18.8. The van der Waals surface area contributed by atoms with Gasteiger partial charge in [0.15, 0.2) is 11.5 Å². The van der Waals surface area contributed by atoms with Crippen molar-refractivity contribution >= 4 is 21.6 Å². The summed E-state index contributed by atoms with van der Waals surface area (Å²) in [5.74, 6) is 0.872. The highest BCUT2D eigenvalue weighted by Gasteiger charge is 2.27. The van der Waals surface area contributed by atoms with Crippen LogP contribution in [0.1, 0.15) is 22.3 Å². The van der Waals surface area contributed by atoms with Crippen molar-refractivity contribution in [1.82, 2.24) is 5.32 Å². The fourth-order valence-electron chi connectivity index (χ4n) is 3.47. The zero-order chi connectivity index (χ0) is 23.6. The van der Waals surface area contributed by atoms with Gasteiger partial charge in [0.2, 0.25) is 12.7 Å². The Kier molecular flexibility index (Phi) is 6.29. The molecule has 1 amide bonds. The molecule has 172 valence electrons. The van der Waals surface area contributed by atoms with Crippen LogP contribution in [-0.4, -0.2) is 27.7 Å². The molecule has 8 heteroatoms. The van der Waals surface area contributed by atoms with Gasteiger partial charge in [0.25, 0.3) is 10.0 Å². The molecule has 1 heterocycles. The van der Waals surface area contributed by atoms with Crippen molar-refractivity contribution < 1.29 is 22.7 Å². The lowest BCUT2D eigenvalue weighted by molar-refractivity contribution is -0.119. The largest absolute Gasteiger partial charge is 0.454 e. The molecular formula is C25H26N2O5S. The van der Waals surface area contributed by atoms with E-state index >= 15 is 0 Å². The number of aryl methyl sites for hydroxylation is 3. The fourth-order valence-corrected chi connectivity index (χ4v) is 4.88. The molecule has 0 atom stereocenters. The van der Waals surface area contributed by atoms with Crippen LogP contribution in [-0.2, 0) is 21.4 Å². The molecule has 3 aromatic carbocycles. The van der Waals surface area contributed by atoms with Crippen LogP contribution in [0.5, 0.6) is 11.5 Å². The second kappa shape index (κ2) is 9.15. The number of sulfonamides is 1. The number of anilines is 1. The van der Waals surface area contributed by atoms with Gasteiger partial charge in [-0.3, -0.25) is 9.10 Å². The molecule has 0 unspecified atom stereocenters. The van der Waals surface area contributed by atoms with Gasteiger partial charge in [-0.1, -0.05) is 29.8 Å². The van der Waals surface area contributed by atoms with Crippen molar-refractivity contribution in [1.29, 1.82) is 0 Å². The third-order valence-electron chi connectivity index (χ3n) is 5.60. The first kappa shape index (κ1) is 22.7. The molecule has 3 aromatic rings. The number of hydrogen-bond donors (Lipinski definition) is 1. The molecule has 1 N–H and O–H groups in total. The molecule has 0 spiro atoms. The van der Waals surface area contributed by atoms with E-state index in [1.54, 1.807) is 48.5 Å². The van der Waals surface area contributed by atoms with Gasteiger partial charge in [-0.25, -0.2) is 8.42 Å². The highest BCUT2D eigenvalue weighted by atomic mass is 32.2. The normalized spacial score (nSPS) is 12.5. The summed E-state index contributed by atoms with van der Waals surface area (Å²) in [7, 11) is -3.95. The number of benzene rings is 3. The van der Waals surface area contributed by atoms with Gasteiger partial charge in [0, 0.05) is 6.54 Å². The van der Waals surface area contributed by atoms with Crippen molar-refractivity contribution in [3.05, 3.63) is 82.9 Å². The van der Waals surface area contributed by atoms with Gasteiger partial charge in [-0.15, -0.1) is 0 Å². The minimum absolute atomic E-state index is 0.134. The number of nitrogens with zero attached hydrogens (tertiary/aromatic N) is 1. The number of hydrogen-bond acceptors (Lipinski definition) is 5. The Morgan fingerprint density at radius 1 is 0.909 bits per heavy atom. The van der Waals surface area contributed by atoms with E-state index in [2.05, 4.69) is 5.32 Å². The lowest BCUT2D eigenvalue weighted by Crippen LogP contribution is -2.40. The highest BCUT2D eigenvalue weighted by molar-refractivity contribution is 7.92. The van der Waals surface area contributed by atoms with Crippen molar-refractivity contribution in [2.75, 3.05) is 17.6 Å². The van der Waals surface area contributed by atoms with E-state index in [0.717, 1.165) is 26.6 Å². The fraction of sp³-hybridized carbons (Fsp3) is 0.240. The lowest BCUT2D eigenvalue weighted by Gasteiger charge is -2.25. The predicted molar refractivity (Wildman–Crippen MR) is 126 cm³/mol. The zero-order valence-corrected chi connectivity index (χ0v) is 19.6. The van der Waals surface area contributed by atoms with Crippen LogP contribution in [0.25, 0.3) is 0 Å². The van der Waals surface area contributed by atoms with Crippen LogP contribution in [0.4, 0.5) is 5.69 Å². The summed E-state index contributed by atoms with van der Waals surface area (Å²) >= 11 is 0. The van der Waals surface area contributed by atoms with Crippen molar-refractivity contribution in [3.8, 4) is 11.5 Å². The van der Waals surface area contributed by atoms with Gasteiger partial charge in [-0.2, -0.15) is 0 Å². The maximum Gasteiger partial charge on any atom is 0.264 e. The topological polar surface area (TPSA) is 84.9 Å². The summed E-state index contributed by atoms with van der Waals surface area (Å²) in [4.78, 5) is 13.0. The van der Waals surface area contributed by atoms with E-state index in [1.807, 2.05) is 32.9 Å². The van der Waals surface area contributed by atoms with Crippen LogP contribution in [0, 0.1) is 20.8 Å². The molecule has 0 aliphatic carbocycles. The van der Waals surface area contributed by atoms with Crippen molar-refractivity contribution in [2.45, 2.75) is 32.2 Å². The first-order valence-corrected chi connectivity index (χ1v) is 12.0. The molecule has 1 aliphatic rings. The van der Waals surface area contributed by atoms with Gasteiger partial charge >= 0.3 is 0 Å². The smallest absolute Gasteiger partial charge is 0.264 e. The van der Waals surface area contributed by atoms with E-state index in [-0.39, 0.29) is 24.8 Å². The van der Waals surface area contributed by atoms with Crippen molar-refractivity contribution in [3.63, 3.8) is 0 Å². The molecule has 1 aliphatic heterocycles. The van der Waals surface area contributed by atoms with Gasteiger partial charge < -0.3 is 14.8 Å². The number of rotatable bonds is 7. The number of carbonyl (C=O) groups is 1. The summed E-state index contributed by atoms with van der Waals surface area (Å²) < 4.78 is 38.8. The number of fused-ring (bicyclic) bond motifs is 1. The van der Waals surface area contributed by atoms with Crippen LogP contribution < -0.4 is 19.1 Å². The summed E-state index contributed by atoms with van der Waals surface area (Å²) in [5, 5.41) is 2.81. The lowest BCUT2D eigenvalue weighted by atomic mass is 10.1. The average Bonchev–Trinajstić information content (AvgIpc) is 3.26. The molecule has 0 aromatic heterocycles. The van der Waals surface area contributed by atoms with Crippen LogP contribution in [0.2, 0.25) is 0 Å². The standard InChI is InChI=1S/C25H26N2O5S/c1-17-4-9-22(10-5-17)33(29,30)27(21-8-6-18(2)19(3)12-21)15-25(28)26-14-20-7-11-23-24(13-20)32-16-31-23/h4-13H,14-16H2,1-3H3,(H,26,28). The quantitative estimate of drug-likeness (QED) is 0.572. The van der Waals surface area contributed by atoms with Crippen molar-refractivity contribution in [2.24, 2.45) is 0 Å². The second-order valence-electron chi connectivity index (χ2n) is 8.06. The maximum absolute atomic E-state index is 13.5. The number of nitrogens with one attached hydrogen (secondary N) is 1. The minimum atomic E-state index is -3.95. The predicted octanol–water partition coefficient (Wildman–Crippen LogP) is 3.85. The van der Waals surface area contributed by atoms with Gasteiger partial charge in [-0.05, 0) is 73.9 Å². The molecule has 33 heavy (non-hydrogen) atoms. The number of carbonyl (C=O) groups excluding carboxylic acids is 1. The number of amides is 1. The summed E-state index contributed by atoms with van der Waals surface area (Å²) in [5.41, 5.74) is 4.20. The van der Waals surface area contributed by atoms with E-state index in [4.69, 9.17) is 9.47 Å². The van der Waals surface area contributed by atoms with E-state index in [9.17, 15) is 13.2 Å². The second-order valence-corrected chi connectivity index (χ2v) is 9.92. The molecule has 0 saturated carbocycles. The Labute approximate surface area is 194 Å². The summed E-state index contributed by atoms with van der Waals surface area (Å²) in [6.07, 6.45) is 0. The van der Waals surface area contributed by atoms with Gasteiger partial charge in [0.05, 0.1) is 10.6 Å². The average molecular weight is 467 g/mol. The third-order valence-corrected chi connectivity index (χ3v) is 7.39. The van der Waals surface area contributed by atoms with Crippen LogP contribution in [0.3, 0.4) is 0 Å². The van der Waals surface area contributed by atoms with E-state index in [1.165, 1.54) is 0 Å². The summed E-state index contributed by atoms with van der Waals surface area (Å²) in [6.45, 7) is 5.82. The first-order valence-electron chi connectivity index (χ1n) is 10.6. The molecule has 0 saturated heterocycles. The molecule has 0 fully saturated rings. The van der Waals surface area contributed by atoms with Gasteiger partial charge in [0.1, 0.15) is 6.54 Å². The van der Waals surface area contributed by atoms with Crippen LogP contribution >= 0.6 is 0 Å². The van der Waals surface area contributed by atoms with E-state index in [0.29, 0.717) is 17.2 Å². The Bertz CT molecular complexity index is 1290. The van der Waals surface area contributed by atoms with E-state index < -0.39 is 15.9 Å². The molecular weight excluding hydrogens is 440 g/mol. The highest BCUT2D eigenvalue weighted by Crippen LogP contribution is 2.32. The molecule has 0 bridgehead atoms. The van der Waals surface area contributed by atoms with Crippen LogP contribution in [0.15, 0.2) is 65.6 Å². The monoisotopic (exact) mass is 466 g/mol.